The van der Waals surface area contributed by atoms with Crippen LogP contribution in [0.15, 0.2) is 66.7 Å². The van der Waals surface area contributed by atoms with Crippen molar-refractivity contribution in [3.05, 3.63) is 142 Å². The van der Waals surface area contributed by atoms with E-state index < -0.39 is 0 Å². The molecule has 0 heterocycles. The first-order valence-corrected chi connectivity index (χ1v) is 10.5. The molecular weight excluding hydrogens is 436 g/mol. The normalized spacial score (nSPS) is 16.8. The first kappa shape index (κ1) is 26.3. The average Bonchev–Trinajstić information content (AvgIpc) is 3.56. The van der Waals surface area contributed by atoms with Gasteiger partial charge in [0.1, 0.15) is 5.78 Å². The van der Waals surface area contributed by atoms with Crippen LogP contribution in [-0.2, 0) is 21.9 Å². The van der Waals surface area contributed by atoms with Gasteiger partial charge in [0.25, 0.3) is 0 Å². The van der Waals surface area contributed by atoms with E-state index >= 15 is 0 Å². The van der Waals surface area contributed by atoms with Crippen molar-refractivity contribution < 1.29 is 26.7 Å². The fourth-order valence-electron chi connectivity index (χ4n) is 3.24. The molecule has 160 valence electrons. The van der Waals surface area contributed by atoms with Crippen LogP contribution < -0.4 is 0 Å². The summed E-state index contributed by atoms with van der Waals surface area (Å²) in [5, 5.41) is 0. The summed E-state index contributed by atoms with van der Waals surface area (Å²) < 4.78 is 0. The van der Waals surface area contributed by atoms with Crippen LogP contribution in [0.4, 0.5) is 0 Å². The van der Waals surface area contributed by atoms with Gasteiger partial charge in [-0.3, -0.25) is 9.59 Å². The molecule has 3 heteroatoms. The minimum Gasteiger partial charge on any atom is -0.299 e. The van der Waals surface area contributed by atoms with Crippen molar-refractivity contribution in [3.63, 3.8) is 0 Å². The molecule has 10 radical (unpaired) electrons. The Morgan fingerprint density at radius 3 is 1.72 bits per heavy atom. The Morgan fingerprint density at radius 1 is 0.656 bits per heavy atom. The molecule has 2 nitrogen and oxygen atoms in total. The number of rotatable bonds is 8. The first-order chi connectivity index (χ1) is 15.2. The molecule has 0 amide bonds. The first-order valence-electron chi connectivity index (χ1n) is 10.5. The fraction of sp³-hybridized carbons (Fsp3) is 0.103. The van der Waals surface area contributed by atoms with Gasteiger partial charge in [0, 0.05) is 24.3 Å². The molecule has 2 aromatic rings. The minimum absolute atomic E-state index is 0. The molecule has 2 aromatic carbocycles. The van der Waals surface area contributed by atoms with Crippen molar-refractivity contribution in [2.75, 3.05) is 0 Å². The van der Waals surface area contributed by atoms with Gasteiger partial charge >= 0.3 is 17.1 Å². The van der Waals surface area contributed by atoms with Crippen molar-refractivity contribution in [2.24, 2.45) is 5.92 Å². The summed E-state index contributed by atoms with van der Waals surface area (Å²) in [7, 11) is 0. The number of carbonyl (C=O) groups is 2. The van der Waals surface area contributed by atoms with Crippen LogP contribution in [0.3, 0.4) is 0 Å². The maximum absolute atomic E-state index is 12.6. The van der Waals surface area contributed by atoms with Crippen molar-refractivity contribution in [2.45, 2.75) is 12.8 Å². The summed E-state index contributed by atoms with van der Waals surface area (Å²) in [6.07, 6.45) is 22.0. The zero-order chi connectivity index (χ0) is 21.7. The average molecular weight is 462 g/mol. The maximum Gasteiger partial charge on any atom is 2.00 e. The van der Waals surface area contributed by atoms with Gasteiger partial charge in [0.05, 0.1) is 0 Å². The van der Waals surface area contributed by atoms with Crippen LogP contribution in [0.2, 0.25) is 0 Å². The smallest absolute Gasteiger partial charge is 0.299 e. The van der Waals surface area contributed by atoms with E-state index in [1.54, 1.807) is 0 Å². The molecule has 1 atom stereocenters. The SMILES string of the molecule is O=C(CC(/C=C/c1ccccc1)CC(=O)c1ccccc1)[C]1[CH][CH][CH][CH]1.[CH]1[CH][CH][CH][CH]1.[Fe+2]. The largest absolute Gasteiger partial charge is 2.00 e. The standard InChI is InChI=1S/C24H21O2.C5H5.Fe/c25-23(21-11-5-2-6-12-21)17-20(16-15-19-9-3-1-4-10-19)18-24(26)22-13-7-8-14-22;1-2-4-5-3-1;/h1-16,20H,17-18H2;1-5H;/q;;+2/b16-15+;;. The number of benzene rings is 2. The van der Waals surface area contributed by atoms with E-state index in [0.717, 1.165) is 5.56 Å². The molecular formula is C29H26FeO2+2. The summed E-state index contributed by atoms with van der Waals surface area (Å²) in [5.41, 5.74) is 1.75. The van der Waals surface area contributed by atoms with Crippen LogP contribution in [0, 0.1) is 69.6 Å². The molecule has 1 unspecified atom stereocenters. The van der Waals surface area contributed by atoms with Crippen molar-refractivity contribution in [1.29, 1.82) is 0 Å². The van der Waals surface area contributed by atoms with Crippen molar-refractivity contribution >= 4 is 17.6 Å². The molecule has 0 N–H and O–H groups in total. The predicted octanol–water partition coefficient (Wildman–Crippen LogP) is 5.97. The molecule has 2 aliphatic rings. The van der Waals surface area contributed by atoms with E-state index in [4.69, 9.17) is 0 Å². The third kappa shape index (κ3) is 9.26. The third-order valence-electron chi connectivity index (χ3n) is 4.89. The molecule has 0 saturated heterocycles. The van der Waals surface area contributed by atoms with E-state index in [1.807, 2.05) is 131 Å². The number of hydrogen-bond donors (Lipinski definition) is 0. The predicted molar refractivity (Wildman–Crippen MR) is 126 cm³/mol. The monoisotopic (exact) mass is 462 g/mol. The van der Waals surface area contributed by atoms with Crippen molar-refractivity contribution in [3.8, 4) is 0 Å². The Balaban J connectivity index is 0.000000534. The Hall–Kier alpha value is -1.96. The van der Waals surface area contributed by atoms with Gasteiger partial charge in [-0.2, -0.15) is 0 Å². The fourth-order valence-corrected chi connectivity index (χ4v) is 3.24. The number of hydrogen-bond acceptors (Lipinski definition) is 2. The second-order valence-electron chi connectivity index (χ2n) is 7.29. The molecule has 0 bridgehead atoms. The number of allylic oxidation sites excluding steroid dienone is 1. The van der Waals surface area contributed by atoms with Crippen LogP contribution in [0.1, 0.15) is 28.8 Å². The molecule has 0 aromatic heterocycles. The van der Waals surface area contributed by atoms with Gasteiger partial charge in [-0.05, 0) is 69.3 Å². The maximum atomic E-state index is 12.6. The Morgan fingerprint density at radius 2 is 1.16 bits per heavy atom. The summed E-state index contributed by atoms with van der Waals surface area (Å²) in [6, 6.07) is 19.2. The summed E-state index contributed by atoms with van der Waals surface area (Å²) in [6.45, 7) is 0. The van der Waals surface area contributed by atoms with Gasteiger partial charge in [-0.25, -0.2) is 0 Å². The topological polar surface area (TPSA) is 34.1 Å². The van der Waals surface area contributed by atoms with Gasteiger partial charge in [0.15, 0.2) is 5.78 Å². The van der Waals surface area contributed by atoms with Crippen LogP contribution in [0.25, 0.3) is 6.08 Å². The molecule has 32 heavy (non-hydrogen) atoms. The van der Waals surface area contributed by atoms with E-state index in [2.05, 4.69) is 0 Å². The van der Waals surface area contributed by atoms with Crippen molar-refractivity contribution in [1.82, 2.24) is 0 Å². The quantitative estimate of drug-likeness (QED) is 0.358. The Kier molecular flexibility index (Phi) is 12.3. The molecule has 2 aliphatic carbocycles. The molecule has 2 fully saturated rings. The second kappa shape index (κ2) is 15.0. The number of ketones is 2. The summed E-state index contributed by atoms with van der Waals surface area (Å²) in [5.74, 6) is 0.697. The Labute approximate surface area is 204 Å². The van der Waals surface area contributed by atoms with E-state index in [1.165, 1.54) is 0 Å². The Bertz CT molecular complexity index is 811. The van der Waals surface area contributed by atoms with E-state index in [-0.39, 0.29) is 34.6 Å². The zero-order valence-electron chi connectivity index (χ0n) is 17.8. The molecule has 2 saturated carbocycles. The molecule has 4 rings (SSSR count). The molecule has 0 aliphatic heterocycles. The summed E-state index contributed by atoms with van der Waals surface area (Å²) >= 11 is 0. The van der Waals surface area contributed by atoms with Gasteiger partial charge in [-0.15, -0.1) is 0 Å². The van der Waals surface area contributed by atoms with Crippen LogP contribution >= 0.6 is 0 Å². The van der Waals surface area contributed by atoms with Crippen LogP contribution in [0.5, 0.6) is 0 Å². The number of Topliss-reactive ketones (excluding diaryl/α,β-unsaturated/α-hetero) is 2. The minimum atomic E-state index is -0.134. The van der Waals surface area contributed by atoms with Gasteiger partial charge < -0.3 is 0 Å². The van der Waals surface area contributed by atoms with Gasteiger partial charge in [0.2, 0.25) is 0 Å². The third-order valence-corrected chi connectivity index (χ3v) is 4.89. The summed E-state index contributed by atoms with van der Waals surface area (Å²) in [4.78, 5) is 25.1. The molecule has 0 spiro atoms. The van der Waals surface area contributed by atoms with E-state index in [0.29, 0.717) is 24.3 Å². The second-order valence-corrected chi connectivity index (χ2v) is 7.29. The zero-order valence-corrected chi connectivity index (χ0v) is 18.9. The van der Waals surface area contributed by atoms with Gasteiger partial charge in [-0.1, -0.05) is 72.8 Å². The van der Waals surface area contributed by atoms with E-state index in [9.17, 15) is 9.59 Å². The van der Waals surface area contributed by atoms with Crippen LogP contribution in [-0.4, -0.2) is 11.6 Å². The number of carbonyl (C=O) groups excluding carboxylic acids is 2.